The Bertz CT molecular complexity index is 2060. The maximum absolute atomic E-state index is 10.2. The molecule has 0 aliphatic heterocycles. The fourth-order valence-corrected chi connectivity index (χ4v) is 6.02. The van der Waals surface area contributed by atoms with Crippen LogP contribution >= 0.6 is 0 Å². The predicted molar refractivity (Wildman–Crippen MR) is 172 cm³/mol. The van der Waals surface area contributed by atoms with Gasteiger partial charge in [0.2, 0.25) is 5.69 Å². The van der Waals surface area contributed by atoms with Gasteiger partial charge in [-0.3, -0.25) is 0 Å². The first-order valence-electron chi connectivity index (χ1n) is 15.5. The molecule has 6 rings (SSSR count). The lowest BCUT2D eigenvalue weighted by Crippen LogP contribution is -2.31. The van der Waals surface area contributed by atoms with Crippen LogP contribution in [0.15, 0.2) is 102 Å². The van der Waals surface area contributed by atoms with Crippen molar-refractivity contribution in [3.8, 4) is 28.5 Å². The Kier molecular flexibility index (Phi) is 6.34. The minimum Gasteiger partial charge on any atom is -0.454 e. The minimum atomic E-state index is -1.48. The van der Waals surface area contributed by atoms with Gasteiger partial charge in [0, 0.05) is 36.6 Å². The van der Waals surface area contributed by atoms with Gasteiger partial charge in [0.1, 0.15) is 18.2 Å². The van der Waals surface area contributed by atoms with Gasteiger partial charge in [0.05, 0.1) is 17.2 Å². The third kappa shape index (κ3) is 4.68. The minimum absolute atomic E-state index is 0.176. The molecule has 0 radical (unpaired) electrons. The van der Waals surface area contributed by atoms with Gasteiger partial charge in [0.25, 0.3) is 0 Å². The number of rotatable bonds is 6. The Morgan fingerprint density at radius 2 is 1.50 bits per heavy atom. The van der Waals surface area contributed by atoms with E-state index in [1.807, 2.05) is 62.0 Å². The van der Waals surface area contributed by atoms with Gasteiger partial charge in [0.15, 0.2) is 6.20 Å². The van der Waals surface area contributed by atoms with Crippen LogP contribution in [0.4, 0.5) is 0 Å². The number of furan rings is 1. The number of aromatic nitrogens is 1. The third-order valence-electron chi connectivity index (χ3n) is 8.39. The Labute approximate surface area is 251 Å². The lowest BCUT2D eigenvalue weighted by atomic mass is 9.78. The molecule has 4 aromatic carbocycles. The van der Waals surface area contributed by atoms with Crippen LogP contribution in [-0.4, -0.2) is 0 Å². The zero-order valence-corrected chi connectivity index (χ0v) is 25.1. The van der Waals surface area contributed by atoms with Crippen LogP contribution in [0.2, 0.25) is 0 Å². The number of benzene rings is 4. The summed E-state index contributed by atoms with van der Waals surface area (Å²) in [6.07, 6.45) is 0.443. The molecule has 0 aliphatic carbocycles. The first-order valence-corrected chi connectivity index (χ1v) is 14.5. The van der Waals surface area contributed by atoms with Crippen molar-refractivity contribution in [3.05, 3.63) is 125 Å². The van der Waals surface area contributed by atoms with Gasteiger partial charge in [-0.2, -0.15) is 5.26 Å². The predicted octanol–water partition coefficient (Wildman–Crippen LogP) is 9.45. The molecule has 0 amide bonds. The van der Waals surface area contributed by atoms with Crippen molar-refractivity contribution in [3.63, 3.8) is 0 Å². The van der Waals surface area contributed by atoms with E-state index in [-0.39, 0.29) is 11.3 Å². The summed E-state index contributed by atoms with van der Waals surface area (Å²) in [6, 6.07) is 33.2. The molecule has 208 valence electrons. The van der Waals surface area contributed by atoms with Crippen LogP contribution in [0.1, 0.15) is 58.3 Å². The van der Waals surface area contributed by atoms with E-state index in [0.29, 0.717) is 16.7 Å². The SMILES string of the molecule is [2H]C([2H])(c1cc[n+](C)c(-c2c(C)ccc3c2oc2c(-c4ccc(C(C)(C)c5ccccc5)cc4)c(C#N)ccc23)c1)C(C)C. The number of aryl methyl sites for hydroxylation is 2. The van der Waals surface area contributed by atoms with Crippen molar-refractivity contribution in [2.24, 2.45) is 13.0 Å². The summed E-state index contributed by atoms with van der Waals surface area (Å²) in [7, 11) is 1.97. The summed E-state index contributed by atoms with van der Waals surface area (Å²) in [5.41, 5.74) is 9.40. The Morgan fingerprint density at radius 1 is 0.857 bits per heavy atom. The van der Waals surface area contributed by atoms with E-state index >= 15 is 0 Å². The topological polar surface area (TPSA) is 40.8 Å². The molecule has 2 heterocycles. The smallest absolute Gasteiger partial charge is 0.216 e. The van der Waals surface area contributed by atoms with Gasteiger partial charge < -0.3 is 4.42 Å². The second-order valence-electron chi connectivity index (χ2n) is 12.0. The lowest BCUT2D eigenvalue weighted by Gasteiger charge is -2.26. The number of hydrogen-bond donors (Lipinski definition) is 0. The molecular formula is C39H37N2O+. The molecule has 0 unspecified atom stereocenters. The number of pyridine rings is 1. The van der Waals surface area contributed by atoms with E-state index in [1.54, 1.807) is 0 Å². The monoisotopic (exact) mass is 551 g/mol. The van der Waals surface area contributed by atoms with Crippen molar-refractivity contribution < 1.29 is 11.7 Å². The molecule has 6 aromatic rings. The summed E-state index contributed by atoms with van der Waals surface area (Å²) in [5, 5.41) is 12.1. The fraction of sp³-hybridized carbons (Fsp3) is 0.231. The molecule has 0 saturated carbocycles. The quantitative estimate of drug-likeness (QED) is 0.193. The number of nitriles is 1. The highest BCUT2D eigenvalue weighted by Crippen LogP contribution is 2.42. The molecule has 0 atom stereocenters. The second kappa shape index (κ2) is 10.6. The molecule has 0 spiro atoms. The molecule has 3 nitrogen and oxygen atoms in total. The number of hydrogen-bond acceptors (Lipinski definition) is 2. The second-order valence-corrected chi connectivity index (χ2v) is 12.0. The fourth-order valence-electron chi connectivity index (χ4n) is 6.02. The van der Waals surface area contributed by atoms with E-state index in [2.05, 4.69) is 87.5 Å². The van der Waals surface area contributed by atoms with E-state index in [0.717, 1.165) is 44.3 Å². The van der Waals surface area contributed by atoms with Gasteiger partial charge in [-0.25, -0.2) is 4.57 Å². The van der Waals surface area contributed by atoms with E-state index in [4.69, 9.17) is 7.16 Å². The highest BCUT2D eigenvalue weighted by atomic mass is 16.3. The summed E-state index contributed by atoms with van der Waals surface area (Å²) in [5.74, 6) is -0.178. The molecule has 0 fully saturated rings. The summed E-state index contributed by atoms with van der Waals surface area (Å²) in [4.78, 5) is 0. The molecule has 42 heavy (non-hydrogen) atoms. The van der Waals surface area contributed by atoms with Crippen LogP contribution in [0.3, 0.4) is 0 Å². The highest BCUT2D eigenvalue weighted by Gasteiger charge is 2.25. The van der Waals surface area contributed by atoms with Crippen molar-refractivity contribution in [1.29, 1.82) is 5.26 Å². The standard InChI is InChI=1S/C39H37N2O/c1-25(2)22-27-20-21-41(6)34(23-27)35-26(3)12-18-32-33-19-15-29(24-40)36(38(33)42-37(32)35)28-13-16-31(17-14-28)39(4,5)30-10-8-7-9-11-30/h7-21,23,25H,22H2,1-6H3/q+1/i22D2. The summed E-state index contributed by atoms with van der Waals surface area (Å²) >= 11 is 0. The zero-order valence-electron chi connectivity index (χ0n) is 27.1. The molecular weight excluding hydrogens is 512 g/mol. The summed E-state index contributed by atoms with van der Waals surface area (Å²) in [6.45, 7) is 10.3. The maximum Gasteiger partial charge on any atom is 0.216 e. The number of nitrogens with zero attached hydrogens (tertiary/aromatic N) is 2. The molecule has 0 bridgehead atoms. The molecule has 0 saturated heterocycles. The maximum atomic E-state index is 10.2. The van der Waals surface area contributed by atoms with Gasteiger partial charge in [-0.05, 0) is 59.2 Å². The van der Waals surface area contributed by atoms with Crippen LogP contribution in [0, 0.1) is 24.2 Å². The van der Waals surface area contributed by atoms with Crippen LogP contribution < -0.4 is 4.57 Å². The third-order valence-corrected chi connectivity index (χ3v) is 8.39. The highest BCUT2D eigenvalue weighted by molar-refractivity contribution is 6.14. The lowest BCUT2D eigenvalue weighted by molar-refractivity contribution is -0.660. The normalized spacial score (nSPS) is 12.9. The zero-order chi connectivity index (χ0) is 31.4. The van der Waals surface area contributed by atoms with Gasteiger partial charge in [-0.15, -0.1) is 0 Å². The van der Waals surface area contributed by atoms with Gasteiger partial charge >= 0.3 is 0 Å². The van der Waals surface area contributed by atoms with E-state index in [9.17, 15) is 5.26 Å². The molecule has 0 N–H and O–H groups in total. The van der Waals surface area contributed by atoms with Crippen LogP contribution in [0.25, 0.3) is 44.3 Å². The Balaban J connectivity index is 1.55. The molecule has 2 aromatic heterocycles. The molecule has 0 aliphatic rings. The summed E-state index contributed by atoms with van der Waals surface area (Å²) < 4.78 is 26.3. The first kappa shape index (κ1) is 25.1. The Morgan fingerprint density at radius 3 is 2.17 bits per heavy atom. The number of fused-ring (bicyclic) bond motifs is 3. The van der Waals surface area contributed by atoms with Crippen molar-refractivity contribution >= 4 is 21.9 Å². The van der Waals surface area contributed by atoms with Gasteiger partial charge in [-0.1, -0.05) is 94.4 Å². The van der Waals surface area contributed by atoms with Crippen LogP contribution in [-0.2, 0) is 18.8 Å². The molecule has 3 heteroatoms. The van der Waals surface area contributed by atoms with E-state index in [1.165, 1.54) is 11.1 Å². The van der Waals surface area contributed by atoms with Crippen LogP contribution in [0.5, 0.6) is 0 Å². The first-order chi connectivity index (χ1) is 20.9. The van der Waals surface area contributed by atoms with Crippen molar-refractivity contribution in [2.75, 3.05) is 0 Å². The average molecular weight is 552 g/mol. The van der Waals surface area contributed by atoms with Crippen molar-refractivity contribution in [2.45, 2.75) is 46.4 Å². The average Bonchev–Trinajstić information content (AvgIpc) is 3.40. The van der Waals surface area contributed by atoms with Crippen molar-refractivity contribution in [1.82, 2.24) is 0 Å². The largest absolute Gasteiger partial charge is 0.454 e. The Hall–Kier alpha value is -4.68. The van der Waals surface area contributed by atoms with E-state index < -0.39 is 6.37 Å².